The zero-order chi connectivity index (χ0) is 43.5. The molecule has 5 N–H and O–H groups in total. The molecule has 3 unspecified atom stereocenters. The highest BCUT2D eigenvalue weighted by Crippen LogP contribution is 2.32. The Morgan fingerprint density at radius 1 is 0.661 bits per heavy atom. The van der Waals surface area contributed by atoms with Gasteiger partial charge in [0, 0.05) is 47.4 Å². The number of para-hydroxylation sites is 4. The predicted octanol–water partition coefficient (Wildman–Crippen LogP) is 8.48. The minimum atomic E-state index is -0.290. The number of nitrogens with zero attached hydrogens (tertiary/aromatic N) is 6. The minimum absolute atomic E-state index is 0.00568. The van der Waals surface area contributed by atoms with Crippen LogP contribution in [-0.2, 0) is 0 Å². The Morgan fingerprint density at radius 2 is 1.10 bits per heavy atom. The SMILES string of the molecule is CC(C)CNc1nc2ccccc2n2c(-c3ccc(C(=O)NC(C)CO)cc3)cnc12.CC(C)CNc1nc2ccccc2n2c(-c3ccc(C(=O)NC4CC4C)cc3)cnc12. The molecule has 2 amide bonds. The van der Waals surface area contributed by atoms with Crippen molar-refractivity contribution in [2.24, 2.45) is 17.8 Å². The fourth-order valence-electron chi connectivity index (χ4n) is 7.32. The second-order valence-electron chi connectivity index (χ2n) is 17.1. The van der Waals surface area contributed by atoms with E-state index in [4.69, 9.17) is 20.1 Å². The van der Waals surface area contributed by atoms with E-state index in [2.05, 4.69) is 75.7 Å². The topological polar surface area (TPSA) is 163 Å². The third-order valence-electron chi connectivity index (χ3n) is 11.0. The summed E-state index contributed by atoms with van der Waals surface area (Å²) in [5.41, 5.74) is 10.4. The van der Waals surface area contributed by atoms with Crippen LogP contribution >= 0.6 is 0 Å². The summed E-state index contributed by atoms with van der Waals surface area (Å²) in [7, 11) is 0. The molecule has 4 aromatic carbocycles. The monoisotopic (exact) mass is 830 g/mol. The van der Waals surface area contributed by atoms with Crippen molar-refractivity contribution in [1.29, 1.82) is 0 Å². The molecule has 0 saturated heterocycles. The zero-order valence-electron chi connectivity index (χ0n) is 36.1. The van der Waals surface area contributed by atoms with Crippen molar-refractivity contribution < 1.29 is 14.7 Å². The van der Waals surface area contributed by atoms with Crippen LogP contribution in [0.15, 0.2) is 109 Å². The third-order valence-corrected chi connectivity index (χ3v) is 11.0. The van der Waals surface area contributed by atoms with Gasteiger partial charge in [0.2, 0.25) is 0 Å². The highest BCUT2D eigenvalue weighted by molar-refractivity contribution is 5.96. The van der Waals surface area contributed by atoms with Gasteiger partial charge in [0.05, 0.1) is 52.5 Å². The number of imidazole rings is 2. The van der Waals surface area contributed by atoms with E-state index < -0.39 is 0 Å². The number of anilines is 2. The Hall–Kier alpha value is -6.86. The Bertz CT molecular complexity index is 2680. The number of aliphatic hydroxyl groups excluding tert-OH is 1. The number of aliphatic hydroxyl groups is 1. The van der Waals surface area contributed by atoms with Gasteiger partial charge in [-0.05, 0) is 79.6 Å². The summed E-state index contributed by atoms with van der Waals surface area (Å²) in [5.74, 6) is 2.90. The highest BCUT2D eigenvalue weighted by Gasteiger charge is 2.34. The first kappa shape index (κ1) is 41.9. The van der Waals surface area contributed by atoms with Gasteiger partial charge in [0.25, 0.3) is 11.8 Å². The van der Waals surface area contributed by atoms with Crippen molar-refractivity contribution in [1.82, 2.24) is 39.4 Å². The van der Waals surface area contributed by atoms with Crippen LogP contribution in [0.2, 0.25) is 0 Å². The maximum absolute atomic E-state index is 12.5. The van der Waals surface area contributed by atoms with E-state index in [-0.39, 0.29) is 24.5 Å². The van der Waals surface area contributed by atoms with Crippen molar-refractivity contribution in [3.8, 4) is 22.5 Å². The molecule has 318 valence electrons. The quantitative estimate of drug-likeness (QED) is 0.0767. The van der Waals surface area contributed by atoms with Crippen LogP contribution in [0, 0.1) is 17.8 Å². The van der Waals surface area contributed by atoms with Crippen molar-refractivity contribution in [2.45, 2.75) is 60.0 Å². The first-order valence-corrected chi connectivity index (χ1v) is 21.4. The van der Waals surface area contributed by atoms with Gasteiger partial charge in [-0.2, -0.15) is 0 Å². The van der Waals surface area contributed by atoms with Gasteiger partial charge in [0.15, 0.2) is 22.9 Å². The smallest absolute Gasteiger partial charge is 0.251 e. The Balaban J connectivity index is 0.000000171. The first-order valence-electron chi connectivity index (χ1n) is 21.4. The number of carbonyl (C=O) groups is 2. The third kappa shape index (κ3) is 8.94. The van der Waals surface area contributed by atoms with Crippen LogP contribution < -0.4 is 21.3 Å². The molecule has 4 heterocycles. The van der Waals surface area contributed by atoms with E-state index in [0.717, 1.165) is 87.0 Å². The van der Waals surface area contributed by atoms with Gasteiger partial charge in [-0.3, -0.25) is 18.4 Å². The van der Waals surface area contributed by atoms with E-state index in [0.29, 0.717) is 34.9 Å². The number of fused-ring (bicyclic) bond motifs is 6. The molecule has 13 nitrogen and oxygen atoms in total. The molecule has 1 aliphatic carbocycles. The summed E-state index contributed by atoms with van der Waals surface area (Å²) in [4.78, 5) is 43.7. The lowest BCUT2D eigenvalue weighted by Crippen LogP contribution is -2.34. The van der Waals surface area contributed by atoms with E-state index in [1.807, 2.05) is 91.3 Å². The number of hydrogen-bond donors (Lipinski definition) is 5. The minimum Gasteiger partial charge on any atom is -0.394 e. The molecule has 0 bridgehead atoms. The van der Waals surface area contributed by atoms with Gasteiger partial charge in [0.1, 0.15) is 0 Å². The fourth-order valence-corrected chi connectivity index (χ4v) is 7.32. The molecule has 9 rings (SSSR count). The summed E-state index contributed by atoms with van der Waals surface area (Å²) in [6.45, 7) is 14.1. The molecule has 4 aromatic heterocycles. The normalized spacial score (nSPS) is 15.2. The molecule has 0 radical (unpaired) electrons. The number of rotatable bonds is 13. The molecule has 3 atom stereocenters. The molecule has 0 aliphatic heterocycles. The number of nitrogens with one attached hydrogen (secondary N) is 4. The second-order valence-corrected chi connectivity index (χ2v) is 17.1. The van der Waals surface area contributed by atoms with Crippen LogP contribution in [0.4, 0.5) is 11.6 Å². The van der Waals surface area contributed by atoms with Crippen LogP contribution in [0.3, 0.4) is 0 Å². The van der Waals surface area contributed by atoms with Gasteiger partial charge in [-0.25, -0.2) is 19.9 Å². The van der Waals surface area contributed by atoms with Crippen LogP contribution in [-0.4, -0.2) is 77.4 Å². The summed E-state index contributed by atoms with van der Waals surface area (Å²) < 4.78 is 4.25. The largest absolute Gasteiger partial charge is 0.394 e. The Labute approximate surface area is 361 Å². The zero-order valence-corrected chi connectivity index (χ0v) is 36.1. The van der Waals surface area contributed by atoms with Crippen LogP contribution in [0.25, 0.3) is 55.9 Å². The van der Waals surface area contributed by atoms with E-state index >= 15 is 0 Å². The molecule has 1 fully saturated rings. The molecular weight excluding hydrogens is 777 g/mol. The number of carbonyl (C=O) groups excluding carboxylic acids is 2. The molecule has 1 saturated carbocycles. The van der Waals surface area contributed by atoms with Crippen molar-refractivity contribution in [2.75, 3.05) is 30.3 Å². The summed E-state index contributed by atoms with van der Waals surface area (Å²) in [5, 5.41) is 21.9. The maximum atomic E-state index is 12.5. The Kier molecular flexibility index (Phi) is 12.2. The van der Waals surface area contributed by atoms with Crippen LogP contribution in [0.5, 0.6) is 0 Å². The number of hydrogen-bond acceptors (Lipinski definition) is 9. The first-order chi connectivity index (χ1) is 30.0. The number of benzene rings is 4. The maximum Gasteiger partial charge on any atom is 0.251 e. The van der Waals surface area contributed by atoms with Crippen LogP contribution in [0.1, 0.15) is 68.7 Å². The molecule has 13 heteroatoms. The van der Waals surface area contributed by atoms with Crippen molar-refractivity contribution in [3.05, 3.63) is 121 Å². The van der Waals surface area contributed by atoms with Gasteiger partial charge in [-0.15, -0.1) is 0 Å². The summed E-state index contributed by atoms with van der Waals surface area (Å²) in [6, 6.07) is 31.3. The lowest BCUT2D eigenvalue weighted by molar-refractivity contribution is 0.0920. The molecule has 1 aliphatic rings. The lowest BCUT2D eigenvalue weighted by Gasteiger charge is -2.13. The Morgan fingerprint density at radius 3 is 1.52 bits per heavy atom. The lowest BCUT2D eigenvalue weighted by atomic mass is 10.1. The van der Waals surface area contributed by atoms with Gasteiger partial charge < -0.3 is 26.4 Å². The van der Waals surface area contributed by atoms with Crippen molar-refractivity contribution >= 4 is 56.8 Å². The highest BCUT2D eigenvalue weighted by atomic mass is 16.3. The second kappa shape index (κ2) is 18.0. The average Bonchev–Trinajstić information content (AvgIpc) is 3.60. The fraction of sp³-hybridized carbons (Fsp3) is 0.306. The molecular formula is C49H54N10O3. The predicted molar refractivity (Wildman–Crippen MR) is 248 cm³/mol. The van der Waals surface area contributed by atoms with Gasteiger partial charge in [-0.1, -0.05) is 83.1 Å². The number of amides is 2. The van der Waals surface area contributed by atoms with E-state index in [1.54, 1.807) is 19.1 Å². The average molecular weight is 831 g/mol. The molecule has 0 spiro atoms. The van der Waals surface area contributed by atoms with E-state index in [1.165, 1.54) is 0 Å². The number of aromatic nitrogens is 6. The standard InChI is InChI=1S/C25H27N5O.C24H27N5O2/c1-15(2)13-26-23-24-27-14-22(30(24)21-7-5-4-6-19(21)28-23)17-8-10-18(11-9-17)25(31)29-20-12-16(20)3;1-15(2)12-25-22-23-26-13-21(29(23)20-7-5-4-6-19(20)28-22)17-8-10-18(11-9-17)24(31)27-16(3)14-30/h4-11,14-16,20H,12-13H2,1-3H3,(H,26,28)(H,29,31);4-11,13,15-16,30H,12,14H2,1-3H3,(H,25,28)(H,27,31). The van der Waals surface area contributed by atoms with E-state index in [9.17, 15) is 9.59 Å². The molecule has 8 aromatic rings. The van der Waals surface area contributed by atoms with Gasteiger partial charge >= 0.3 is 0 Å². The molecule has 62 heavy (non-hydrogen) atoms. The van der Waals surface area contributed by atoms with Crippen molar-refractivity contribution in [3.63, 3.8) is 0 Å². The summed E-state index contributed by atoms with van der Waals surface area (Å²) >= 11 is 0. The summed E-state index contributed by atoms with van der Waals surface area (Å²) in [6.07, 6.45) is 4.79.